The Balaban J connectivity index is 3.10. The van der Waals surface area contributed by atoms with Crippen LogP contribution < -0.4 is 11.1 Å². The van der Waals surface area contributed by atoms with Crippen LogP contribution in [0.1, 0.15) is 24.2 Å². The van der Waals surface area contributed by atoms with Crippen molar-refractivity contribution < 1.29 is 28.6 Å². The summed E-state index contributed by atoms with van der Waals surface area (Å²) in [5.41, 5.74) is 6.39. The molecule has 0 aliphatic rings. The summed E-state index contributed by atoms with van der Waals surface area (Å²) in [5, 5.41) is 2.71. The molecule has 130 valence electrons. The predicted molar refractivity (Wildman–Crippen MR) is 87.2 cm³/mol. The minimum Gasteiger partial charge on any atom is -0.465 e. The number of carbonyl (C=O) groups excluding carboxylic acids is 3. The maximum absolute atomic E-state index is 11.9. The normalized spacial score (nSPS) is 9.62. The van der Waals surface area contributed by atoms with Crippen molar-refractivity contribution >= 4 is 29.3 Å². The third-order valence-electron chi connectivity index (χ3n) is 2.84. The lowest BCUT2D eigenvalue weighted by Crippen LogP contribution is -2.19. The van der Waals surface area contributed by atoms with Gasteiger partial charge in [0.1, 0.15) is 0 Å². The van der Waals surface area contributed by atoms with Crippen LogP contribution in [0.25, 0.3) is 0 Å². The second-order valence-electron chi connectivity index (χ2n) is 4.44. The van der Waals surface area contributed by atoms with Gasteiger partial charge in [0.25, 0.3) is 0 Å². The molecule has 1 rings (SSSR count). The highest BCUT2D eigenvalue weighted by Crippen LogP contribution is 2.21. The van der Waals surface area contributed by atoms with Crippen LogP contribution in [0.4, 0.5) is 11.4 Å². The van der Waals surface area contributed by atoms with Crippen molar-refractivity contribution in [2.24, 2.45) is 0 Å². The van der Waals surface area contributed by atoms with Crippen LogP contribution in [0.15, 0.2) is 30.0 Å². The van der Waals surface area contributed by atoms with Gasteiger partial charge in [-0.3, -0.25) is 0 Å². The highest BCUT2D eigenvalue weighted by molar-refractivity contribution is 6.14. The molecular weight excluding hydrogens is 316 g/mol. The van der Waals surface area contributed by atoms with Crippen molar-refractivity contribution in [3.8, 4) is 0 Å². The van der Waals surface area contributed by atoms with Gasteiger partial charge in [-0.25, -0.2) is 14.4 Å². The third-order valence-corrected chi connectivity index (χ3v) is 2.84. The molecule has 0 unspecified atom stereocenters. The van der Waals surface area contributed by atoms with Gasteiger partial charge in [0.05, 0.1) is 37.3 Å². The summed E-state index contributed by atoms with van der Waals surface area (Å²) < 4.78 is 14.3. The summed E-state index contributed by atoms with van der Waals surface area (Å²) in [5.74, 6) is -2.20. The Morgan fingerprint density at radius 2 is 1.71 bits per heavy atom. The summed E-state index contributed by atoms with van der Waals surface area (Å²) in [4.78, 5) is 35.2. The van der Waals surface area contributed by atoms with Gasteiger partial charge in [0.15, 0.2) is 5.57 Å². The number of benzene rings is 1. The van der Waals surface area contributed by atoms with E-state index >= 15 is 0 Å². The zero-order valence-electron chi connectivity index (χ0n) is 13.8. The minimum atomic E-state index is -0.828. The zero-order valence-corrected chi connectivity index (χ0v) is 13.8. The Hall–Kier alpha value is -3.03. The second-order valence-corrected chi connectivity index (χ2v) is 4.44. The van der Waals surface area contributed by atoms with E-state index in [9.17, 15) is 14.4 Å². The van der Waals surface area contributed by atoms with Gasteiger partial charge in [-0.05, 0) is 32.0 Å². The highest BCUT2D eigenvalue weighted by Gasteiger charge is 2.21. The van der Waals surface area contributed by atoms with Gasteiger partial charge in [-0.1, -0.05) is 0 Å². The van der Waals surface area contributed by atoms with E-state index in [-0.39, 0.29) is 24.4 Å². The first-order valence-electron chi connectivity index (χ1n) is 7.23. The number of hydrogen-bond donors (Lipinski definition) is 2. The molecule has 0 aliphatic heterocycles. The molecule has 0 aliphatic carbocycles. The van der Waals surface area contributed by atoms with Crippen LogP contribution in [0.2, 0.25) is 0 Å². The molecule has 0 atom stereocenters. The Bertz CT molecular complexity index is 634. The summed E-state index contributed by atoms with van der Waals surface area (Å²) in [6.07, 6.45) is 1.13. The quantitative estimate of drug-likeness (QED) is 0.192. The standard InChI is InChI=1S/C16H20N2O6/c1-4-23-15(20)11(16(21)24-5-2)9-18-13-8-10(14(19)22-3)6-7-12(13)17/h6-9,18H,4-5,17H2,1-3H3. The average Bonchev–Trinajstić information content (AvgIpc) is 2.56. The van der Waals surface area contributed by atoms with Gasteiger partial charge in [-0.15, -0.1) is 0 Å². The molecule has 0 saturated carbocycles. The largest absolute Gasteiger partial charge is 0.465 e. The van der Waals surface area contributed by atoms with Crippen LogP contribution in [0.5, 0.6) is 0 Å². The molecular formula is C16H20N2O6. The first kappa shape index (κ1) is 19.0. The summed E-state index contributed by atoms with van der Waals surface area (Å²) in [7, 11) is 1.26. The topological polar surface area (TPSA) is 117 Å². The molecule has 0 amide bonds. The molecule has 0 fully saturated rings. The van der Waals surface area contributed by atoms with E-state index in [1.54, 1.807) is 13.8 Å². The number of esters is 3. The lowest BCUT2D eigenvalue weighted by atomic mass is 10.1. The first-order valence-corrected chi connectivity index (χ1v) is 7.23. The Morgan fingerprint density at radius 1 is 1.12 bits per heavy atom. The van der Waals surface area contributed by atoms with E-state index < -0.39 is 17.9 Å². The Kier molecular flexibility index (Phi) is 7.28. The maximum atomic E-state index is 11.9. The SMILES string of the molecule is CCOC(=O)C(=CNc1cc(C(=O)OC)ccc1N)C(=O)OCC. The highest BCUT2D eigenvalue weighted by atomic mass is 16.6. The number of nitrogens with two attached hydrogens (primary N) is 1. The van der Waals surface area contributed by atoms with Crippen molar-refractivity contribution in [2.45, 2.75) is 13.8 Å². The van der Waals surface area contributed by atoms with Crippen LogP contribution in [-0.4, -0.2) is 38.2 Å². The van der Waals surface area contributed by atoms with E-state index in [1.807, 2.05) is 0 Å². The molecule has 1 aromatic carbocycles. The van der Waals surface area contributed by atoms with E-state index in [0.717, 1.165) is 6.20 Å². The molecule has 3 N–H and O–H groups in total. The van der Waals surface area contributed by atoms with Gasteiger partial charge in [-0.2, -0.15) is 0 Å². The van der Waals surface area contributed by atoms with Crippen molar-refractivity contribution in [3.05, 3.63) is 35.5 Å². The smallest absolute Gasteiger partial charge is 0.347 e. The Labute approximate surface area is 139 Å². The third kappa shape index (κ3) is 5.01. The number of methoxy groups -OCH3 is 1. The van der Waals surface area contributed by atoms with Crippen LogP contribution >= 0.6 is 0 Å². The second kappa shape index (κ2) is 9.19. The summed E-state index contributed by atoms with van der Waals surface area (Å²) in [6, 6.07) is 4.43. The molecule has 8 heteroatoms. The van der Waals surface area contributed by atoms with Crippen molar-refractivity contribution in [3.63, 3.8) is 0 Å². The van der Waals surface area contributed by atoms with Gasteiger partial charge in [0, 0.05) is 6.20 Å². The van der Waals surface area contributed by atoms with E-state index in [1.165, 1.54) is 25.3 Å². The summed E-state index contributed by atoms with van der Waals surface area (Å²) >= 11 is 0. The average molecular weight is 336 g/mol. The number of hydrogen-bond acceptors (Lipinski definition) is 8. The summed E-state index contributed by atoms with van der Waals surface area (Å²) in [6.45, 7) is 3.45. The number of rotatable bonds is 7. The van der Waals surface area contributed by atoms with Crippen LogP contribution in [0, 0.1) is 0 Å². The van der Waals surface area contributed by atoms with Gasteiger partial charge >= 0.3 is 17.9 Å². The van der Waals surface area contributed by atoms with E-state index in [2.05, 4.69) is 10.1 Å². The fraction of sp³-hybridized carbons (Fsp3) is 0.312. The fourth-order valence-corrected chi connectivity index (χ4v) is 1.69. The van der Waals surface area contributed by atoms with Crippen LogP contribution in [0.3, 0.4) is 0 Å². The van der Waals surface area contributed by atoms with Crippen molar-refractivity contribution in [1.29, 1.82) is 0 Å². The number of nitrogen functional groups attached to an aromatic ring is 1. The predicted octanol–water partition coefficient (Wildman–Crippen LogP) is 1.48. The molecule has 0 heterocycles. The van der Waals surface area contributed by atoms with Gasteiger partial charge < -0.3 is 25.3 Å². The number of carbonyl (C=O) groups is 3. The molecule has 0 aromatic heterocycles. The molecule has 1 aromatic rings. The maximum Gasteiger partial charge on any atom is 0.347 e. The lowest BCUT2D eigenvalue weighted by Gasteiger charge is -2.10. The molecule has 0 radical (unpaired) electrons. The van der Waals surface area contributed by atoms with Crippen molar-refractivity contribution in [2.75, 3.05) is 31.4 Å². The Morgan fingerprint density at radius 3 is 2.21 bits per heavy atom. The minimum absolute atomic E-state index is 0.107. The van der Waals surface area contributed by atoms with Gasteiger partial charge in [0.2, 0.25) is 0 Å². The first-order chi connectivity index (χ1) is 11.4. The van der Waals surface area contributed by atoms with Crippen LogP contribution in [-0.2, 0) is 23.8 Å². The fourth-order valence-electron chi connectivity index (χ4n) is 1.69. The monoisotopic (exact) mass is 336 g/mol. The van der Waals surface area contributed by atoms with Crippen molar-refractivity contribution in [1.82, 2.24) is 0 Å². The number of ether oxygens (including phenoxy) is 3. The number of anilines is 2. The lowest BCUT2D eigenvalue weighted by molar-refractivity contribution is -0.146. The number of nitrogens with one attached hydrogen (secondary N) is 1. The molecule has 0 saturated heterocycles. The molecule has 0 bridgehead atoms. The molecule has 8 nitrogen and oxygen atoms in total. The molecule has 0 spiro atoms. The molecule has 24 heavy (non-hydrogen) atoms. The zero-order chi connectivity index (χ0) is 18.1. The van der Waals surface area contributed by atoms with E-state index in [0.29, 0.717) is 11.4 Å². The van der Waals surface area contributed by atoms with E-state index in [4.69, 9.17) is 15.2 Å².